The van der Waals surface area contributed by atoms with Crippen LogP contribution in [-0.2, 0) is 24.4 Å². The lowest BCUT2D eigenvalue weighted by molar-refractivity contribution is 0.0889. The third-order valence-corrected chi connectivity index (χ3v) is 7.67. The highest BCUT2D eigenvalue weighted by molar-refractivity contribution is 7.09. The lowest BCUT2D eigenvalue weighted by atomic mass is 10.1. The zero-order chi connectivity index (χ0) is 24.5. The number of rotatable bonds is 9. The number of benzene rings is 1. The molecule has 36 heavy (non-hydrogen) atoms. The summed E-state index contributed by atoms with van der Waals surface area (Å²) in [5.74, 6) is 2.13. The minimum Gasteiger partial charge on any atom is -0.454 e. The fourth-order valence-corrected chi connectivity index (χ4v) is 5.75. The summed E-state index contributed by atoms with van der Waals surface area (Å²) >= 11 is 1.70. The van der Waals surface area contributed by atoms with Crippen LogP contribution >= 0.6 is 11.3 Å². The van der Waals surface area contributed by atoms with Crippen molar-refractivity contribution in [1.29, 1.82) is 0 Å². The highest BCUT2D eigenvalue weighted by atomic mass is 32.1. The fraction of sp³-hybridized carbons (Fsp3) is 0.440. The van der Waals surface area contributed by atoms with Crippen LogP contribution in [0.15, 0.2) is 40.5 Å². The molecule has 4 aromatic rings. The molecular weight excluding hydrogens is 480 g/mol. The molecule has 0 bridgehead atoms. The maximum atomic E-state index is 13.2. The van der Waals surface area contributed by atoms with Gasteiger partial charge in [0.15, 0.2) is 17.3 Å². The molecule has 11 heteroatoms. The van der Waals surface area contributed by atoms with Gasteiger partial charge in [-0.25, -0.2) is 4.68 Å². The number of ether oxygens (including phenoxy) is 3. The van der Waals surface area contributed by atoms with Gasteiger partial charge in [-0.2, -0.15) is 0 Å². The first kappa shape index (κ1) is 23.1. The summed E-state index contributed by atoms with van der Waals surface area (Å²) in [5, 5.41) is 15.7. The molecule has 0 saturated carbocycles. The molecule has 1 fully saturated rings. The minimum atomic E-state index is -0.119. The summed E-state index contributed by atoms with van der Waals surface area (Å²) in [4.78, 5) is 19.7. The molecule has 0 unspecified atom stereocenters. The Balaban J connectivity index is 1.34. The number of aromatic nitrogens is 5. The first-order valence-electron chi connectivity index (χ1n) is 12.3. The number of nitrogens with one attached hydrogen (secondary N) is 1. The topological polar surface area (TPSA) is 107 Å². The van der Waals surface area contributed by atoms with Gasteiger partial charge in [0.25, 0.3) is 5.56 Å². The van der Waals surface area contributed by atoms with E-state index in [0.717, 1.165) is 42.6 Å². The van der Waals surface area contributed by atoms with Gasteiger partial charge in [0, 0.05) is 41.6 Å². The van der Waals surface area contributed by atoms with Crippen molar-refractivity contribution in [3.8, 4) is 11.5 Å². The molecule has 1 aromatic carbocycles. The summed E-state index contributed by atoms with van der Waals surface area (Å²) in [6, 6.07) is 9.77. The van der Waals surface area contributed by atoms with Gasteiger partial charge in [-0.3, -0.25) is 9.69 Å². The van der Waals surface area contributed by atoms with Crippen molar-refractivity contribution in [2.75, 3.05) is 13.4 Å². The molecule has 2 atom stereocenters. The third kappa shape index (κ3) is 4.61. The van der Waals surface area contributed by atoms with Crippen LogP contribution in [0.4, 0.5) is 0 Å². The van der Waals surface area contributed by atoms with Crippen molar-refractivity contribution in [2.24, 2.45) is 0 Å². The Kier molecular flexibility index (Phi) is 6.43. The Bertz CT molecular complexity index is 1400. The van der Waals surface area contributed by atoms with Crippen LogP contribution in [0.25, 0.3) is 10.9 Å². The van der Waals surface area contributed by atoms with Gasteiger partial charge >= 0.3 is 0 Å². The Hall–Kier alpha value is -3.28. The fourth-order valence-electron chi connectivity index (χ4n) is 5.02. The normalized spacial score (nSPS) is 17.9. The zero-order valence-corrected chi connectivity index (χ0v) is 20.9. The lowest BCUT2D eigenvalue weighted by Crippen LogP contribution is -2.33. The van der Waals surface area contributed by atoms with E-state index < -0.39 is 0 Å². The Labute approximate surface area is 211 Å². The first-order chi connectivity index (χ1) is 17.7. The smallest absolute Gasteiger partial charge is 0.252 e. The molecule has 0 aliphatic carbocycles. The SMILES string of the molecule is CC[C@H](c1nnnn1C[C@H]1CCCO1)N(Cc1cccs1)Cc1cc2cc3c(cc2[nH]c1=O)OCO3. The number of hydrogen-bond acceptors (Lipinski definition) is 9. The average Bonchev–Trinajstić information content (AvgIpc) is 3.68. The molecule has 188 valence electrons. The number of nitrogens with zero attached hydrogens (tertiary/aromatic N) is 5. The van der Waals surface area contributed by atoms with Gasteiger partial charge in [-0.1, -0.05) is 13.0 Å². The highest BCUT2D eigenvalue weighted by Crippen LogP contribution is 2.35. The average molecular weight is 509 g/mol. The molecular formula is C25H28N6O4S. The molecule has 0 radical (unpaired) electrons. The Morgan fingerprint density at radius 3 is 2.92 bits per heavy atom. The summed E-state index contributed by atoms with van der Waals surface area (Å²) in [6.07, 6.45) is 3.00. The molecule has 10 nitrogen and oxygen atoms in total. The number of tetrazole rings is 1. The van der Waals surface area contributed by atoms with Crippen molar-refractivity contribution < 1.29 is 14.2 Å². The molecule has 1 saturated heterocycles. The van der Waals surface area contributed by atoms with Crippen molar-refractivity contribution in [3.05, 3.63) is 62.3 Å². The number of aromatic amines is 1. The first-order valence-corrected chi connectivity index (χ1v) is 13.2. The van der Waals surface area contributed by atoms with Crippen LogP contribution in [0.2, 0.25) is 0 Å². The van der Waals surface area contributed by atoms with E-state index in [4.69, 9.17) is 14.2 Å². The second-order valence-electron chi connectivity index (χ2n) is 9.18. The Morgan fingerprint density at radius 2 is 2.14 bits per heavy atom. The number of pyridine rings is 1. The van der Waals surface area contributed by atoms with E-state index in [1.54, 1.807) is 11.3 Å². The van der Waals surface area contributed by atoms with E-state index in [2.05, 4.69) is 43.8 Å². The molecule has 1 N–H and O–H groups in total. The van der Waals surface area contributed by atoms with E-state index in [1.807, 2.05) is 28.9 Å². The lowest BCUT2D eigenvalue weighted by Gasteiger charge is -2.30. The molecule has 5 heterocycles. The highest BCUT2D eigenvalue weighted by Gasteiger charge is 2.28. The molecule has 6 rings (SSSR count). The van der Waals surface area contributed by atoms with E-state index in [9.17, 15) is 4.79 Å². The predicted molar refractivity (Wildman–Crippen MR) is 134 cm³/mol. The van der Waals surface area contributed by atoms with Crippen LogP contribution < -0.4 is 15.0 Å². The maximum Gasteiger partial charge on any atom is 0.252 e. The van der Waals surface area contributed by atoms with Crippen molar-refractivity contribution in [3.63, 3.8) is 0 Å². The van der Waals surface area contributed by atoms with Crippen LogP contribution in [0, 0.1) is 0 Å². The number of thiophene rings is 1. The van der Waals surface area contributed by atoms with Crippen LogP contribution in [0.3, 0.4) is 0 Å². The number of hydrogen-bond donors (Lipinski definition) is 1. The molecule has 2 aliphatic heterocycles. The molecule has 0 spiro atoms. The largest absolute Gasteiger partial charge is 0.454 e. The number of fused-ring (bicyclic) bond motifs is 2. The monoisotopic (exact) mass is 508 g/mol. The van der Waals surface area contributed by atoms with Gasteiger partial charge in [-0.15, -0.1) is 16.4 Å². The van der Waals surface area contributed by atoms with Crippen molar-refractivity contribution in [1.82, 2.24) is 30.1 Å². The third-order valence-electron chi connectivity index (χ3n) is 6.81. The van der Waals surface area contributed by atoms with Gasteiger partial charge in [0.1, 0.15) is 0 Å². The summed E-state index contributed by atoms with van der Waals surface area (Å²) in [7, 11) is 0. The summed E-state index contributed by atoms with van der Waals surface area (Å²) in [5.41, 5.74) is 1.28. The van der Waals surface area contributed by atoms with Gasteiger partial charge < -0.3 is 19.2 Å². The van der Waals surface area contributed by atoms with E-state index in [1.165, 1.54) is 4.88 Å². The van der Waals surface area contributed by atoms with E-state index in [0.29, 0.717) is 36.7 Å². The van der Waals surface area contributed by atoms with Gasteiger partial charge in [0.05, 0.1) is 24.2 Å². The van der Waals surface area contributed by atoms with Gasteiger partial charge in [0.2, 0.25) is 6.79 Å². The minimum absolute atomic E-state index is 0.0737. The summed E-state index contributed by atoms with van der Waals surface area (Å²) in [6.45, 7) is 4.87. The predicted octanol–water partition coefficient (Wildman–Crippen LogP) is 3.64. The Morgan fingerprint density at radius 1 is 1.25 bits per heavy atom. The van der Waals surface area contributed by atoms with E-state index >= 15 is 0 Å². The number of H-pyrrole nitrogens is 1. The molecule has 3 aromatic heterocycles. The van der Waals surface area contributed by atoms with Crippen LogP contribution in [-0.4, -0.2) is 49.6 Å². The summed E-state index contributed by atoms with van der Waals surface area (Å²) < 4.78 is 18.7. The van der Waals surface area contributed by atoms with E-state index in [-0.39, 0.29) is 24.5 Å². The zero-order valence-electron chi connectivity index (χ0n) is 20.1. The maximum absolute atomic E-state index is 13.2. The standard InChI is InChI=1S/C25H28N6O4S/c1-2-21(24-27-28-29-31(24)13-18-5-3-7-33-18)30(14-19-6-4-8-36-19)12-17-9-16-10-22-23(35-15-34-22)11-20(16)26-25(17)32/h4,6,8-11,18,21H,2-3,5,7,12-15H2,1H3,(H,26,32)/t18-,21-/m1/s1. The second kappa shape index (κ2) is 10.00. The second-order valence-corrected chi connectivity index (χ2v) is 10.2. The molecule has 2 aliphatic rings. The van der Waals surface area contributed by atoms with Crippen LogP contribution in [0.5, 0.6) is 11.5 Å². The quantitative estimate of drug-likeness (QED) is 0.365. The van der Waals surface area contributed by atoms with Gasteiger partial charge in [-0.05, 0) is 53.3 Å². The van der Waals surface area contributed by atoms with Crippen LogP contribution in [0.1, 0.15) is 48.5 Å². The molecule has 0 amide bonds. The van der Waals surface area contributed by atoms with Crippen molar-refractivity contribution >= 4 is 22.2 Å². The van der Waals surface area contributed by atoms with Crippen molar-refractivity contribution in [2.45, 2.75) is 58.0 Å².